The van der Waals surface area contributed by atoms with E-state index in [1.54, 1.807) is 6.26 Å². The lowest BCUT2D eigenvalue weighted by molar-refractivity contribution is 0.225. The fourth-order valence-electron chi connectivity index (χ4n) is 2.66. The topological polar surface area (TPSA) is 28.4 Å². The SMILES string of the molecule is CCNCc1cc(CN(Cc2ccco2)C2CC2)c(C)s1. The Balaban J connectivity index is 1.66. The first kappa shape index (κ1) is 14.8. The fraction of sp³-hybridized carbons (Fsp3) is 0.529. The van der Waals surface area contributed by atoms with Gasteiger partial charge in [-0.2, -0.15) is 0 Å². The van der Waals surface area contributed by atoms with Gasteiger partial charge in [-0.05, 0) is 50.1 Å². The summed E-state index contributed by atoms with van der Waals surface area (Å²) in [6.45, 7) is 8.38. The van der Waals surface area contributed by atoms with Gasteiger partial charge in [-0.1, -0.05) is 6.92 Å². The highest BCUT2D eigenvalue weighted by Crippen LogP contribution is 2.32. The van der Waals surface area contributed by atoms with Crippen molar-refractivity contribution in [1.29, 1.82) is 0 Å². The first-order chi connectivity index (χ1) is 10.3. The smallest absolute Gasteiger partial charge is 0.117 e. The molecule has 2 aromatic heterocycles. The van der Waals surface area contributed by atoms with Gasteiger partial charge in [0.05, 0.1) is 12.8 Å². The monoisotopic (exact) mass is 304 g/mol. The van der Waals surface area contributed by atoms with Crippen LogP contribution in [-0.2, 0) is 19.6 Å². The molecule has 0 spiro atoms. The number of hydrogen-bond donors (Lipinski definition) is 1. The quantitative estimate of drug-likeness (QED) is 0.801. The van der Waals surface area contributed by atoms with Crippen LogP contribution in [0.15, 0.2) is 28.9 Å². The van der Waals surface area contributed by atoms with Crippen molar-refractivity contribution >= 4 is 11.3 Å². The van der Waals surface area contributed by atoms with Gasteiger partial charge in [-0.25, -0.2) is 0 Å². The Morgan fingerprint density at radius 3 is 2.90 bits per heavy atom. The first-order valence-electron chi connectivity index (χ1n) is 7.81. The maximum atomic E-state index is 5.52. The summed E-state index contributed by atoms with van der Waals surface area (Å²) in [7, 11) is 0. The van der Waals surface area contributed by atoms with E-state index in [9.17, 15) is 0 Å². The van der Waals surface area contributed by atoms with Crippen LogP contribution in [-0.4, -0.2) is 17.5 Å². The number of nitrogens with one attached hydrogen (secondary N) is 1. The summed E-state index contributed by atoms with van der Waals surface area (Å²) in [6.07, 6.45) is 4.42. The van der Waals surface area contributed by atoms with E-state index in [0.29, 0.717) is 0 Å². The molecule has 1 aliphatic rings. The lowest BCUT2D eigenvalue weighted by atomic mass is 10.2. The average molecular weight is 304 g/mol. The normalized spacial score (nSPS) is 15.0. The molecule has 0 aromatic carbocycles. The molecule has 0 atom stereocenters. The predicted molar refractivity (Wildman–Crippen MR) is 87.4 cm³/mol. The van der Waals surface area contributed by atoms with Crippen LogP contribution in [0.4, 0.5) is 0 Å². The predicted octanol–water partition coefficient (Wildman–Crippen LogP) is 3.92. The molecule has 114 valence electrons. The fourth-order valence-corrected chi connectivity index (χ4v) is 3.68. The number of thiophene rings is 1. The Hall–Kier alpha value is -1.10. The van der Waals surface area contributed by atoms with Crippen LogP contribution in [0.1, 0.15) is 40.8 Å². The van der Waals surface area contributed by atoms with Crippen LogP contribution < -0.4 is 5.32 Å². The summed E-state index contributed by atoms with van der Waals surface area (Å²) in [6, 6.07) is 7.17. The van der Waals surface area contributed by atoms with Crippen molar-refractivity contribution in [2.24, 2.45) is 0 Å². The average Bonchev–Trinajstić information content (AvgIpc) is 3.09. The Morgan fingerprint density at radius 1 is 1.38 bits per heavy atom. The molecule has 4 heteroatoms. The van der Waals surface area contributed by atoms with Crippen molar-refractivity contribution < 1.29 is 4.42 Å². The molecule has 0 bridgehead atoms. The van der Waals surface area contributed by atoms with Gasteiger partial charge < -0.3 is 9.73 Å². The lowest BCUT2D eigenvalue weighted by Gasteiger charge is -2.20. The van der Waals surface area contributed by atoms with E-state index in [0.717, 1.165) is 38.0 Å². The highest BCUT2D eigenvalue weighted by atomic mass is 32.1. The largest absolute Gasteiger partial charge is 0.468 e. The molecular formula is C17H24N2OS. The zero-order valence-corrected chi connectivity index (χ0v) is 13.7. The van der Waals surface area contributed by atoms with E-state index < -0.39 is 0 Å². The van der Waals surface area contributed by atoms with E-state index in [-0.39, 0.29) is 0 Å². The van der Waals surface area contributed by atoms with E-state index in [1.165, 1.54) is 28.2 Å². The molecule has 1 aliphatic carbocycles. The van der Waals surface area contributed by atoms with Gasteiger partial charge in [0.15, 0.2) is 0 Å². The Kier molecular flexibility index (Phi) is 4.78. The number of aryl methyl sites for hydroxylation is 1. The highest BCUT2D eigenvalue weighted by molar-refractivity contribution is 7.12. The summed E-state index contributed by atoms with van der Waals surface area (Å²) in [5.74, 6) is 1.07. The van der Waals surface area contributed by atoms with Crippen LogP contribution in [0.25, 0.3) is 0 Å². The number of nitrogens with zero attached hydrogens (tertiary/aromatic N) is 1. The Morgan fingerprint density at radius 2 is 2.24 bits per heavy atom. The lowest BCUT2D eigenvalue weighted by Crippen LogP contribution is -2.24. The van der Waals surface area contributed by atoms with E-state index in [2.05, 4.69) is 36.2 Å². The molecule has 0 radical (unpaired) electrons. The number of hydrogen-bond acceptors (Lipinski definition) is 4. The second kappa shape index (κ2) is 6.77. The van der Waals surface area contributed by atoms with Crippen molar-refractivity contribution in [2.75, 3.05) is 6.54 Å². The van der Waals surface area contributed by atoms with Crippen LogP contribution in [0.3, 0.4) is 0 Å². The van der Waals surface area contributed by atoms with Gasteiger partial charge in [-0.15, -0.1) is 11.3 Å². The van der Waals surface area contributed by atoms with Crippen LogP contribution in [0, 0.1) is 6.92 Å². The van der Waals surface area contributed by atoms with Crippen LogP contribution in [0.2, 0.25) is 0 Å². The van der Waals surface area contributed by atoms with Crippen LogP contribution >= 0.6 is 11.3 Å². The molecule has 0 saturated heterocycles. The van der Waals surface area contributed by atoms with Gasteiger partial charge in [0, 0.05) is 28.9 Å². The van der Waals surface area contributed by atoms with Gasteiger partial charge in [0.2, 0.25) is 0 Å². The van der Waals surface area contributed by atoms with Gasteiger partial charge in [0.1, 0.15) is 5.76 Å². The molecule has 3 nitrogen and oxygen atoms in total. The minimum absolute atomic E-state index is 0.742. The summed E-state index contributed by atoms with van der Waals surface area (Å²) >= 11 is 1.92. The van der Waals surface area contributed by atoms with Crippen molar-refractivity contribution in [3.63, 3.8) is 0 Å². The zero-order valence-electron chi connectivity index (χ0n) is 12.9. The standard InChI is InChI=1S/C17H24N2OS/c1-3-18-10-17-9-14(13(2)21-17)11-19(15-6-7-15)12-16-5-4-8-20-16/h4-5,8-9,15,18H,3,6-7,10-12H2,1-2H3. The van der Waals surface area contributed by atoms with Gasteiger partial charge >= 0.3 is 0 Å². The third kappa shape index (κ3) is 3.96. The van der Waals surface area contributed by atoms with E-state index >= 15 is 0 Å². The van der Waals surface area contributed by atoms with Crippen molar-refractivity contribution in [2.45, 2.75) is 52.4 Å². The summed E-state index contributed by atoms with van der Waals surface area (Å²) in [4.78, 5) is 5.45. The molecule has 0 unspecified atom stereocenters. The molecule has 1 saturated carbocycles. The molecular weight excluding hydrogens is 280 g/mol. The van der Waals surface area contributed by atoms with E-state index in [4.69, 9.17) is 4.42 Å². The Bertz CT molecular complexity index is 557. The first-order valence-corrected chi connectivity index (χ1v) is 8.63. The third-order valence-corrected chi connectivity index (χ3v) is 5.09. The van der Waals surface area contributed by atoms with Gasteiger partial charge in [0.25, 0.3) is 0 Å². The van der Waals surface area contributed by atoms with Crippen molar-refractivity contribution in [3.05, 3.63) is 45.5 Å². The third-order valence-electron chi connectivity index (χ3n) is 4.00. The molecule has 1 fully saturated rings. The van der Waals surface area contributed by atoms with Crippen LogP contribution in [0.5, 0.6) is 0 Å². The maximum absolute atomic E-state index is 5.52. The minimum atomic E-state index is 0.742. The summed E-state index contributed by atoms with van der Waals surface area (Å²) < 4.78 is 5.52. The molecule has 2 heterocycles. The zero-order chi connectivity index (χ0) is 14.7. The highest BCUT2D eigenvalue weighted by Gasteiger charge is 2.30. The maximum Gasteiger partial charge on any atom is 0.117 e. The minimum Gasteiger partial charge on any atom is -0.468 e. The molecule has 1 N–H and O–H groups in total. The number of rotatable bonds is 8. The molecule has 2 aromatic rings. The summed E-state index contributed by atoms with van der Waals surface area (Å²) in [5, 5.41) is 3.41. The van der Waals surface area contributed by atoms with E-state index in [1.807, 2.05) is 17.4 Å². The summed E-state index contributed by atoms with van der Waals surface area (Å²) in [5.41, 5.74) is 1.48. The molecule has 21 heavy (non-hydrogen) atoms. The molecule has 0 amide bonds. The Labute approximate surface area is 131 Å². The van der Waals surface area contributed by atoms with Crippen molar-refractivity contribution in [1.82, 2.24) is 10.2 Å². The second-order valence-corrected chi connectivity index (χ2v) is 7.13. The second-order valence-electron chi connectivity index (χ2n) is 5.79. The number of furan rings is 1. The van der Waals surface area contributed by atoms with Gasteiger partial charge in [-0.3, -0.25) is 4.90 Å². The molecule has 0 aliphatic heterocycles. The molecule has 3 rings (SSSR count). The van der Waals surface area contributed by atoms with Crippen molar-refractivity contribution in [3.8, 4) is 0 Å².